The Hall–Kier alpha value is -3.33. The van der Waals surface area contributed by atoms with Gasteiger partial charge in [-0.2, -0.15) is 9.61 Å². The van der Waals surface area contributed by atoms with Crippen LogP contribution in [0.1, 0.15) is 30.1 Å². The van der Waals surface area contributed by atoms with Crippen molar-refractivity contribution in [3.05, 3.63) is 68.7 Å². The number of carbonyl (C=O) groups excluding carboxylic acids is 2. The number of esters is 1. The van der Waals surface area contributed by atoms with Crippen molar-refractivity contribution in [1.29, 1.82) is 0 Å². The maximum absolute atomic E-state index is 12.4. The second-order valence-electron chi connectivity index (χ2n) is 5.86. The van der Waals surface area contributed by atoms with Crippen molar-refractivity contribution in [2.75, 3.05) is 0 Å². The van der Waals surface area contributed by atoms with E-state index >= 15 is 0 Å². The molecule has 0 aliphatic rings. The molecule has 1 N–H and O–H groups in total. The number of amides is 1. The first kappa shape index (κ1) is 19.4. The number of hydrogen-bond acceptors (Lipinski definition) is 7. The first-order valence-electron chi connectivity index (χ1n) is 8.56. The zero-order chi connectivity index (χ0) is 20.1. The van der Waals surface area contributed by atoms with Crippen LogP contribution < -0.4 is 10.9 Å². The first-order valence-corrected chi connectivity index (χ1v) is 9.38. The van der Waals surface area contributed by atoms with E-state index < -0.39 is 11.9 Å². The number of nitrogens with one attached hydrogen (secondary N) is 1. The summed E-state index contributed by atoms with van der Waals surface area (Å²) >= 11 is 1.31. The number of aromatic nitrogens is 3. The van der Waals surface area contributed by atoms with Crippen LogP contribution in [0.15, 0.2) is 46.9 Å². The third-order valence-corrected chi connectivity index (χ3v) is 4.69. The van der Waals surface area contributed by atoms with Gasteiger partial charge in [0.25, 0.3) is 5.56 Å². The maximum atomic E-state index is 12.4. The van der Waals surface area contributed by atoms with Gasteiger partial charge in [-0.15, -0.1) is 0 Å². The van der Waals surface area contributed by atoms with E-state index in [0.717, 1.165) is 10.6 Å². The van der Waals surface area contributed by atoms with Gasteiger partial charge in [-0.3, -0.25) is 9.59 Å². The quantitative estimate of drug-likeness (QED) is 0.503. The van der Waals surface area contributed by atoms with Gasteiger partial charge in [-0.1, -0.05) is 48.6 Å². The Labute approximate surface area is 164 Å². The third kappa shape index (κ3) is 4.68. The summed E-state index contributed by atoms with van der Waals surface area (Å²) < 4.78 is 6.48. The first-order chi connectivity index (χ1) is 13.5. The van der Waals surface area contributed by atoms with E-state index in [1.54, 1.807) is 12.1 Å². The van der Waals surface area contributed by atoms with E-state index in [9.17, 15) is 14.4 Å². The summed E-state index contributed by atoms with van der Waals surface area (Å²) in [5, 5.41) is 7.43. The van der Waals surface area contributed by atoms with Gasteiger partial charge in [0, 0.05) is 13.0 Å². The lowest BCUT2D eigenvalue weighted by Gasteiger charge is -2.09. The lowest BCUT2D eigenvalue weighted by molar-refractivity contribution is -0.141. The summed E-state index contributed by atoms with van der Waals surface area (Å²) in [5.41, 5.74) is 0.709. The van der Waals surface area contributed by atoms with Crippen molar-refractivity contribution in [1.82, 2.24) is 19.9 Å². The fourth-order valence-electron chi connectivity index (χ4n) is 2.38. The number of ether oxygens (including phenoxy) is 1. The number of hydrogen-bond donors (Lipinski definition) is 1. The van der Waals surface area contributed by atoms with Crippen LogP contribution in [0.2, 0.25) is 0 Å². The number of rotatable bonds is 6. The molecule has 0 fully saturated rings. The number of carbonyl (C=O) groups is 2. The van der Waals surface area contributed by atoms with Gasteiger partial charge in [0.2, 0.25) is 10.9 Å². The van der Waals surface area contributed by atoms with Crippen LogP contribution >= 0.6 is 11.3 Å². The lowest BCUT2D eigenvalue weighted by atomic mass is 10.2. The third-order valence-electron chi connectivity index (χ3n) is 3.63. The summed E-state index contributed by atoms with van der Waals surface area (Å²) in [5.74, 6) is -1.12. The molecule has 0 bridgehead atoms. The predicted molar refractivity (Wildman–Crippen MR) is 105 cm³/mol. The summed E-state index contributed by atoms with van der Waals surface area (Å²) in [4.78, 5) is 40.8. The van der Waals surface area contributed by atoms with Gasteiger partial charge in [-0.25, -0.2) is 9.78 Å². The predicted octanol–water partition coefficient (Wildman–Crippen LogP) is 1.93. The standard InChI is InChI=1S/C19H18N4O4S/c1-3-16-22-23-17(25)10-14(21-19(23)28-16)11-27-18(26)15(20-12(2)24)9-13-7-5-4-6-8-13/h4-10H,3,11H2,1-2H3,(H,20,24)/b15-9-. The van der Waals surface area contributed by atoms with Gasteiger partial charge >= 0.3 is 5.97 Å². The molecule has 0 unspecified atom stereocenters. The number of fused-ring (bicyclic) bond motifs is 1. The second kappa shape index (κ2) is 8.57. The Kier molecular flexibility index (Phi) is 5.95. The van der Waals surface area contributed by atoms with Crippen LogP contribution in [0.25, 0.3) is 11.0 Å². The SMILES string of the molecule is CCc1nn2c(=O)cc(COC(=O)/C(=C/c3ccccc3)NC(C)=O)nc2s1. The Balaban J connectivity index is 1.79. The second-order valence-corrected chi connectivity index (χ2v) is 6.90. The highest BCUT2D eigenvalue weighted by atomic mass is 32.1. The smallest absolute Gasteiger partial charge is 0.355 e. The molecular formula is C19H18N4O4S. The summed E-state index contributed by atoms with van der Waals surface area (Å²) in [6.07, 6.45) is 2.22. The zero-order valence-corrected chi connectivity index (χ0v) is 16.2. The van der Waals surface area contributed by atoms with Crippen molar-refractivity contribution in [2.24, 2.45) is 0 Å². The fourth-order valence-corrected chi connectivity index (χ4v) is 3.24. The Bertz CT molecular complexity index is 1100. The minimum Gasteiger partial charge on any atom is -0.455 e. The highest BCUT2D eigenvalue weighted by molar-refractivity contribution is 7.16. The van der Waals surface area contributed by atoms with Gasteiger partial charge in [0.1, 0.15) is 17.3 Å². The van der Waals surface area contributed by atoms with E-state index in [4.69, 9.17) is 4.74 Å². The zero-order valence-electron chi connectivity index (χ0n) is 15.3. The van der Waals surface area contributed by atoms with Gasteiger partial charge in [0.15, 0.2) is 0 Å². The molecule has 9 heteroatoms. The summed E-state index contributed by atoms with van der Waals surface area (Å²) in [7, 11) is 0. The highest BCUT2D eigenvalue weighted by Crippen LogP contribution is 2.12. The van der Waals surface area contributed by atoms with Crippen LogP contribution in [-0.2, 0) is 27.4 Å². The molecule has 0 saturated heterocycles. The van der Waals surface area contributed by atoms with Crippen LogP contribution in [-0.4, -0.2) is 26.5 Å². The molecule has 0 atom stereocenters. The van der Waals surface area contributed by atoms with E-state index in [1.807, 2.05) is 25.1 Å². The number of nitrogens with zero attached hydrogens (tertiary/aromatic N) is 3. The van der Waals surface area contributed by atoms with E-state index in [0.29, 0.717) is 17.1 Å². The molecule has 0 radical (unpaired) electrons. The fraction of sp³-hybridized carbons (Fsp3) is 0.211. The molecule has 2 heterocycles. The minimum atomic E-state index is -0.723. The molecule has 0 aliphatic carbocycles. The molecule has 1 amide bonds. The van der Waals surface area contributed by atoms with Crippen molar-refractivity contribution < 1.29 is 14.3 Å². The van der Waals surface area contributed by atoms with E-state index in [2.05, 4.69) is 15.4 Å². The van der Waals surface area contributed by atoms with Gasteiger partial charge in [-0.05, 0) is 18.1 Å². The molecule has 28 heavy (non-hydrogen) atoms. The van der Waals surface area contributed by atoms with Crippen molar-refractivity contribution in [3.8, 4) is 0 Å². The molecule has 1 aromatic carbocycles. The van der Waals surface area contributed by atoms with Crippen molar-refractivity contribution in [2.45, 2.75) is 26.9 Å². The van der Waals surface area contributed by atoms with Crippen molar-refractivity contribution >= 4 is 34.3 Å². The molecule has 2 aromatic heterocycles. The summed E-state index contributed by atoms with van der Waals surface area (Å²) in [6, 6.07) is 10.3. The Morgan fingerprint density at radius 1 is 1.29 bits per heavy atom. The van der Waals surface area contributed by atoms with E-state index in [-0.39, 0.29) is 17.9 Å². The average molecular weight is 398 g/mol. The normalized spacial score (nSPS) is 11.4. The molecule has 8 nitrogen and oxygen atoms in total. The molecule has 144 valence electrons. The molecule has 0 spiro atoms. The van der Waals surface area contributed by atoms with Crippen molar-refractivity contribution in [3.63, 3.8) is 0 Å². The number of aryl methyl sites for hydroxylation is 1. The Morgan fingerprint density at radius 3 is 2.71 bits per heavy atom. The average Bonchev–Trinajstić information content (AvgIpc) is 3.10. The highest BCUT2D eigenvalue weighted by Gasteiger charge is 2.15. The Morgan fingerprint density at radius 2 is 2.04 bits per heavy atom. The molecule has 0 saturated carbocycles. The molecular weight excluding hydrogens is 380 g/mol. The topological polar surface area (TPSA) is 103 Å². The van der Waals surface area contributed by atoms with Crippen LogP contribution in [0.5, 0.6) is 0 Å². The van der Waals surface area contributed by atoms with Crippen LogP contribution in [0, 0.1) is 0 Å². The largest absolute Gasteiger partial charge is 0.455 e. The minimum absolute atomic E-state index is 0.00237. The van der Waals surface area contributed by atoms with Crippen LogP contribution in [0.4, 0.5) is 0 Å². The van der Waals surface area contributed by atoms with Gasteiger partial charge in [0.05, 0.1) is 5.69 Å². The lowest BCUT2D eigenvalue weighted by Crippen LogP contribution is -2.26. The monoisotopic (exact) mass is 398 g/mol. The molecule has 3 rings (SSSR count). The number of benzene rings is 1. The van der Waals surface area contributed by atoms with Gasteiger partial charge < -0.3 is 10.1 Å². The van der Waals surface area contributed by atoms with Crippen LogP contribution in [0.3, 0.4) is 0 Å². The molecule has 0 aliphatic heterocycles. The maximum Gasteiger partial charge on any atom is 0.355 e. The molecule has 3 aromatic rings. The summed E-state index contributed by atoms with van der Waals surface area (Å²) in [6.45, 7) is 3.04. The van der Waals surface area contributed by atoms with E-state index in [1.165, 1.54) is 34.9 Å².